The number of carbonyl (C=O) groups is 1. The minimum Gasteiger partial charge on any atom is -0.351 e. The van der Waals surface area contributed by atoms with E-state index in [1.807, 2.05) is 43.3 Å². The van der Waals surface area contributed by atoms with E-state index < -0.39 is 0 Å². The molecule has 1 aromatic heterocycles. The van der Waals surface area contributed by atoms with E-state index >= 15 is 0 Å². The minimum atomic E-state index is -0.0422. The SMILES string of the molecule is Cc1ccc2[nH]c(C(=O)N[C@H](C)CCc3ccccc3)cc2c1. The summed E-state index contributed by atoms with van der Waals surface area (Å²) in [5, 5.41) is 4.15. The fourth-order valence-corrected chi connectivity index (χ4v) is 2.78. The molecule has 118 valence electrons. The van der Waals surface area contributed by atoms with Crippen LogP contribution in [-0.4, -0.2) is 16.9 Å². The van der Waals surface area contributed by atoms with E-state index in [1.54, 1.807) is 0 Å². The second-order valence-electron chi connectivity index (χ2n) is 6.17. The van der Waals surface area contributed by atoms with Gasteiger partial charge in [0.05, 0.1) is 0 Å². The summed E-state index contributed by atoms with van der Waals surface area (Å²) >= 11 is 0. The number of hydrogen-bond donors (Lipinski definition) is 2. The zero-order chi connectivity index (χ0) is 16.2. The van der Waals surface area contributed by atoms with Crippen LogP contribution in [0.1, 0.15) is 35.0 Å². The number of benzene rings is 2. The van der Waals surface area contributed by atoms with Crippen molar-refractivity contribution in [1.29, 1.82) is 0 Å². The van der Waals surface area contributed by atoms with E-state index in [2.05, 4.69) is 35.4 Å². The van der Waals surface area contributed by atoms with Crippen molar-refractivity contribution >= 4 is 16.8 Å². The Bertz CT molecular complexity index is 805. The number of H-pyrrole nitrogens is 1. The van der Waals surface area contributed by atoms with E-state index in [1.165, 1.54) is 11.1 Å². The van der Waals surface area contributed by atoms with Crippen molar-refractivity contribution in [3.05, 3.63) is 71.4 Å². The molecule has 0 saturated carbocycles. The normalized spacial score (nSPS) is 12.3. The number of aryl methyl sites for hydroxylation is 2. The first-order chi connectivity index (χ1) is 11.1. The van der Waals surface area contributed by atoms with E-state index in [9.17, 15) is 4.79 Å². The molecule has 1 atom stereocenters. The van der Waals surface area contributed by atoms with Gasteiger partial charge in [0.15, 0.2) is 0 Å². The lowest BCUT2D eigenvalue weighted by Gasteiger charge is -2.13. The molecule has 3 aromatic rings. The third-order valence-corrected chi connectivity index (χ3v) is 4.11. The van der Waals surface area contributed by atoms with Crippen molar-refractivity contribution < 1.29 is 4.79 Å². The average Bonchev–Trinajstić information content (AvgIpc) is 2.97. The van der Waals surface area contributed by atoms with E-state index in [0.29, 0.717) is 5.69 Å². The first-order valence-electron chi connectivity index (χ1n) is 8.06. The molecule has 0 radical (unpaired) electrons. The summed E-state index contributed by atoms with van der Waals surface area (Å²) in [5.41, 5.74) is 4.12. The standard InChI is InChI=1S/C20H22N2O/c1-14-8-11-18-17(12-14)13-19(22-18)20(23)21-15(2)9-10-16-6-4-3-5-7-16/h3-8,11-13,15,22H,9-10H2,1-2H3,(H,21,23)/t15-/m1/s1. The zero-order valence-electron chi connectivity index (χ0n) is 13.6. The van der Waals surface area contributed by atoms with Crippen LogP contribution in [0.2, 0.25) is 0 Å². The van der Waals surface area contributed by atoms with Gasteiger partial charge in [-0.1, -0.05) is 42.0 Å². The van der Waals surface area contributed by atoms with Crippen LogP contribution in [0.4, 0.5) is 0 Å². The Kier molecular flexibility index (Phi) is 4.47. The molecule has 0 aliphatic carbocycles. The number of fused-ring (bicyclic) bond motifs is 1. The Hall–Kier alpha value is -2.55. The van der Waals surface area contributed by atoms with Crippen molar-refractivity contribution in [2.24, 2.45) is 0 Å². The molecule has 3 rings (SSSR count). The van der Waals surface area contributed by atoms with Crippen molar-refractivity contribution in [2.45, 2.75) is 32.7 Å². The first-order valence-corrected chi connectivity index (χ1v) is 8.06. The summed E-state index contributed by atoms with van der Waals surface area (Å²) in [6.07, 6.45) is 1.89. The summed E-state index contributed by atoms with van der Waals surface area (Å²) in [6.45, 7) is 4.10. The fraction of sp³-hybridized carbons (Fsp3) is 0.250. The topological polar surface area (TPSA) is 44.9 Å². The van der Waals surface area contributed by atoms with Gasteiger partial charge in [-0.15, -0.1) is 0 Å². The summed E-state index contributed by atoms with van der Waals surface area (Å²) in [4.78, 5) is 15.6. The lowest BCUT2D eigenvalue weighted by molar-refractivity contribution is 0.0934. The summed E-state index contributed by atoms with van der Waals surface area (Å²) in [7, 11) is 0. The number of aromatic nitrogens is 1. The maximum absolute atomic E-state index is 12.4. The second-order valence-corrected chi connectivity index (χ2v) is 6.17. The Morgan fingerprint density at radius 3 is 2.70 bits per heavy atom. The molecule has 1 heterocycles. The average molecular weight is 306 g/mol. The maximum Gasteiger partial charge on any atom is 0.267 e. The van der Waals surface area contributed by atoms with Gasteiger partial charge < -0.3 is 10.3 Å². The molecule has 0 saturated heterocycles. The highest BCUT2D eigenvalue weighted by molar-refractivity contribution is 5.98. The van der Waals surface area contributed by atoms with E-state index in [4.69, 9.17) is 0 Å². The van der Waals surface area contributed by atoms with Gasteiger partial charge in [0.1, 0.15) is 5.69 Å². The Morgan fingerprint density at radius 2 is 1.91 bits per heavy atom. The molecule has 0 fully saturated rings. The lowest BCUT2D eigenvalue weighted by atomic mass is 10.1. The van der Waals surface area contributed by atoms with Gasteiger partial charge in [-0.3, -0.25) is 4.79 Å². The molecule has 1 amide bonds. The quantitative estimate of drug-likeness (QED) is 0.728. The van der Waals surface area contributed by atoms with Crippen LogP contribution in [0.5, 0.6) is 0 Å². The van der Waals surface area contributed by atoms with Gasteiger partial charge in [-0.25, -0.2) is 0 Å². The van der Waals surface area contributed by atoms with Gasteiger partial charge in [0, 0.05) is 16.9 Å². The lowest BCUT2D eigenvalue weighted by Crippen LogP contribution is -2.33. The number of amides is 1. The Morgan fingerprint density at radius 1 is 1.13 bits per heavy atom. The Labute approximate surface area is 136 Å². The van der Waals surface area contributed by atoms with Crippen LogP contribution in [0.25, 0.3) is 10.9 Å². The van der Waals surface area contributed by atoms with Gasteiger partial charge >= 0.3 is 0 Å². The minimum absolute atomic E-state index is 0.0422. The van der Waals surface area contributed by atoms with E-state index in [-0.39, 0.29) is 11.9 Å². The van der Waals surface area contributed by atoms with Crippen molar-refractivity contribution in [2.75, 3.05) is 0 Å². The van der Waals surface area contributed by atoms with E-state index in [0.717, 1.165) is 23.7 Å². The molecular weight excluding hydrogens is 284 g/mol. The smallest absolute Gasteiger partial charge is 0.267 e. The highest BCUT2D eigenvalue weighted by Crippen LogP contribution is 2.17. The van der Waals surface area contributed by atoms with Crippen LogP contribution in [0, 0.1) is 6.92 Å². The highest BCUT2D eigenvalue weighted by Gasteiger charge is 2.12. The number of hydrogen-bond acceptors (Lipinski definition) is 1. The molecule has 3 heteroatoms. The molecule has 0 bridgehead atoms. The van der Waals surface area contributed by atoms with Crippen molar-refractivity contribution in [1.82, 2.24) is 10.3 Å². The molecule has 23 heavy (non-hydrogen) atoms. The summed E-state index contributed by atoms with van der Waals surface area (Å²) in [6, 6.07) is 18.5. The van der Waals surface area contributed by atoms with Crippen molar-refractivity contribution in [3.8, 4) is 0 Å². The van der Waals surface area contributed by atoms with Gasteiger partial charge in [0.25, 0.3) is 5.91 Å². The zero-order valence-corrected chi connectivity index (χ0v) is 13.6. The third kappa shape index (κ3) is 3.81. The monoisotopic (exact) mass is 306 g/mol. The molecular formula is C20H22N2O. The number of carbonyl (C=O) groups excluding carboxylic acids is 1. The predicted molar refractivity (Wildman–Crippen MR) is 94.7 cm³/mol. The van der Waals surface area contributed by atoms with Crippen LogP contribution < -0.4 is 5.32 Å². The van der Waals surface area contributed by atoms with Crippen LogP contribution >= 0.6 is 0 Å². The highest BCUT2D eigenvalue weighted by atomic mass is 16.1. The predicted octanol–water partition coefficient (Wildman–Crippen LogP) is 4.23. The van der Waals surface area contributed by atoms with Crippen molar-refractivity contribution in [3.63, 3.8) is 0 Å². The fourth-order valence-electron chi connectivity index (χ4n) is 2.78. The van der Waals surface area contributed by atoms with Gasteiger partial charge in [0.2, 0.25) is 0 Å². The third-order valence-electron chi connectivity index (χ3n) is 4.11. The second kappa shape index (κ2) is 6.69. The van der Waals surface area contributed by atoms with Crippen LogP contribution in [0.15, 0.2) is 54.6 Å². The molecule has 0 spiro atoms. The number of nitrogens with one attached hydrogen (secondary N) is 2. The van der Waals surface area contributed by atoms with Crippen LogP contribution in [0.3, 0.4) is 0 Å². The molecule has 0 aliphatic rings. The molecule has 2 N–H and O–H groups in total. The summed E-state index contributed by atoms with van der Waals surface area (Å²) < 4.78 is 0. The first kappa shape index (κ1) is 15.3. The molecule has 3 nitrogen and oxygen atoms in total. The molecule has 0 unspecified atom stereocenters. The summed E-state index contributed by atoms with van der Waals surface area (Å²) in [5.74, 6) is -0.0422. The Balaban J connectivity index is 1.61. The van der Waals surface area contributed by atoms with Gasteiger partial charge in [-0.2, -0.15) is 0 Å². The number of aromatic amines is 1. The van der Waals surface area contributed by atoms with Crippen LogP contribution in [-0.2, 0) is 6.42 Å². The maximum atomic E-state index is 12.4. The number of rotatable bonds is 5. The largest absolute Gasteiger partial charge is 0.351 e. The molecule has 0 aliphatic heterocycles. The molecule has 2 aromatic carbocycles. The van der Waals surface area contributed by atoms with Gasteiger partial charge in [-0.05, 0) is 50.5 Å².